The van der Waals surface area contributed by atoms with E-state index in [0.717, 1.165) is 24.8 Å². The number of rotatable bonds is 8. The van der Waals surface area contributed by atoms with Gasteiger partial charge in [-0.1, -0.05) is 18.6 Å². The zero-order valence-corrected chi connectivity index (χ0v) is 18.6. The third-order valence-corrected chi connectivity index (χ3v) is 6.89. The van der Waals surface area contributed by atoms with E-state index in [1.165, 1.54) is 34.8 Å². The number of carbonyl (C=O) groups is 2. The minimum absolute atomic E-state index is 0.153. The van der Waals surface area contributed by atoms with Crippen LogP contribution < -0.4 is 15.5 Å². The largest absolute Gasteiger partial charge is 0.497 e. The molecule has 1 saturated heterocycles. The molecule has 0 aromatic heterocycles. The second-order valence-corrected chi connectivity index (χ2v) is 9.18. The first-order valence-electron chi connectivity index (χ1n) is 10.2. The highest BCUT2D eigenvalue weighted by atomic mass is 32.2. The number of carbonyl (C=O) groups excluding carboxylic acids is 2. The molecule has 2 aromatic rings. The molecular weight excluding hydrogens is 432 g/mol. The molecule has 0 bridgehead atoms. The van der Waals surface area contributed by atoms with Crippen LogP contribution in [0.1, 0.15) is 35.2 Å². The number of hydrogen-bond donors (Lipinski definition) is 2. The molecule has 0 aliphatic carbocycles. The fourth-order valence-electron chi connectivity index (χ4n) is 3.24. The zero-order valence-electron chi connectivity index (χ0n) is 17.8. The molecule has 32 heavy (non-hydrogen) atoms. The van der Waals surface area contributed by atoms with Gasteiger partial charge in [-0.05, 0) is 54.8 Å². The minimum atomic E-state index is -3.55. The van der Waals surface area contributed by atoms with Gasteiger partial charge in [0.1, 0.15) is 5.75 Å². The number of piperidine rings is 1. The quantitative estimate of drug-likeness (QED) is 0.462. The van der Waals surface area contributed by atoms with E-state index in [-0.39, 0.29) is 17.0 Å². The Labute approximate surface area is 187 Å². The number of ether oxygens (including phenoxy) is 1. The number of hydrazone groups is 1. The van der Waals surface area contributed by atoms with Gasteiger partial charge >= 0.3 is 0 Å². The van der Waals surface area contributed by atoms with Gasteiger partial charge in [0.2, 0.25) is 10.0 Å². The predicted octanol–water partition coefficient (Wildman–Crippen LogP) is 1.75. The average molecular weight is 459 g/mol. The molecule has 10 heteroatoms. The van der Waals surface area contributed by atoms with E-state index < -0.39 is 21.8 Å². The highest BCUT2D eigenvalue weighted by molar-refractivity contribution is 7.89. The Hall–Kier alpha value is -3.24. The van der Waals surface area contributed by atoms with Crippen LogP contribution in [0.25, 0.3) is 0 Å². The van der Waals surface area contributed by atoms with Crippen LogP contribution in [0.4, 0.5) is 0 Å². The maximum Gasteiger partial charge on any atom is 0.259 e. The van der Waals surface area contributed by atoms with Crippen molar-refractivity contribution in [3.8, 4) is 5.75 Å². The van der Waals surface area contributed by atoms with Crippen LogP contribution in [0.5, 0.6) is 5.75 Å². The molecular formula is C22H26N4O5S. The lowest BCUT2D eigenvalue weighted by Gasteiger charge is -2.25. The van der Waals surface area contributed by atoms with Gasteiger partial charge in [0.05, 0.1) is 24.8 Å². The number of benzene rings is 2. The third kappa shape index (κ3) is 6.14. The lowest BCUT2D eigenvalue weighted by molar-refractivity contribution is -0.120. The first kappa shape index (κ1) is 23.4. The average Bonchev–Trinajstić information content (AvgIpc) is 2.83. The van der Waals surface area contributed by atoms with Crippen molar-refractivity contribution >= 4 is 28.1 Å². The summed E-state index contributed by atoms with van der Waals surface area (Å²) in [7, 11) is -2.00. The molecule has 0 saturated carbocycles. The Morgan fingerprint density at radius 2 is 1.81 bits per heavy atom. The van der Waals surface area contributed by atoms with Gasteiger partial charge in [0.15, 0.2) is 0 Å². The molecule has 0 spiro atoms. The molecule has 2 N–H and O–H groups in total. The molecule has 2 aromatic carbocycles. The summed E-state index contributed by atoms with van der Waals surface area (Å²) < 4.78 is 31.9. The van der Waals surface area contributed by atoms with Gasteiger partial charge in [-0.15, -0.1) is 0 Å². The highest BCUT2D eigenvalue weighted by Gasteiger charge is 2.25. The Bertz CT molecular complexity index is 1080. The summed E-state index contributed by atoms with van der Waals surface area (Å²) in [5, 5.41) is 6.33. The van der Waals surface area contributed by atoms with Gasteiger partial charge in [0.25, 0.3) is 11.8 Å². The van der Waals surface area contributed by atoms with Crippen molar-refractivity contribution in [3.63, 3.8) is 0 Å². The van der Waals surface area contributed by atoms with Crippen LogP contribution >= 0.6 is 0 Å². The van der Waals surface area contributed by atoms with Crippen LogP contribution in [0.3, 0.4) is 0 Å². The van der Waals surface area contributed by atoms with Gasteiger partial charge in [-0.2, -0.15) is 9.41 Å². The van der Waals surface area contributed by atoms with Gasteiger partial charge in [-0.3, -0.25) is 9.59 Å². The Morgan fingerprint density at radius 1 is 1.09 bits per heavy atom. The molecule has 2 amide bonds. The van der Waals surface area contributed by atoms with Gasteiger partial charge in [-0.25, -0.2) is 13.8 Å². The predicted molar refractivity (Wildman–Crippen MR) is 120 cm³/mol. The lowest BCUT2D eigenvalue weighted by atomic mass is 10.2. The first-order chi connectivity index (χ1) is 15.4. The molecule has 0 atom stereocenters. The summed E-state index contributed by atoms with van der Waals surface area (Å²) >= 11 is 0. The fourth-order valence-corrected chi connectivity index (χ4v) is 4.75. The normalized spacial score (nSPS) is 14.8. The Balaban J connectivity index is 1.50. The van der Waals surface area contributed by atoms with Gasteiger partial charge < -0.3 is 10.1 Å². The maximum absolute atomic E-state index is 12.7. The van der Waals surface area contributed by atoms with E-state index in [2.05, 4.69) is 15.8 Å². The smallest absolute Gasteiger partial charge is 0.259 e. The topological polar surface area (TPSA) is 117 Å². The summed E-state index contributed by atoms with van der Waals surface area (Å²) in [6.07, 6.45) is 4.20. The molecule has 1 aliphatic heterocycles. The summed E-state index contributed by atoms with van der Waals surface area (Å²) in [5.74, 6) is -0.317. The maximum atomic E-state index is 12.7. The van der Waals surface area contributed by atoms with Crippen LogP contribution in [-0.2, 0) is 14.8 Å². The van der Waals surface area contributed by atoms with Crippen LogP contribution in [-0.4, -0.2) is 57.5 Å². The molecule has 0 radical (unpaired) electrons. The third-order valence-electron chi connectivity index (χ3n) is 4.98. The molecule has 1 aliphatic rings. The van der Waals surface area contributed by atoms with E-state index in [9.17, 15) is 18.0 Å². The van der Waals surface area contributed by atoms with Crippen LogP contribution in [0.15, 0.2) is 58.5 Å². The SMILES string of the molecule is COc1cccc(/C=N/NC(=O)CNC(=O)c2ccc(S(=O)(=O)N3CCCCC3)cc2)c1. The standard InChI is InChI=1S/C22H26N4O5S/c1-31-19-7-5-6-17(14-19)15-24-25-21(27)16-23-22(28)18-8-10-20(11-9-18)32(29,30)26-12-3-2-4-13-26/h5-11,14-15H,2-4,12-13,16H2,1H3,(H,23,28)(H,25,27)/b24-15+. The van der Waals surface area contributed by atoms with Crippen LogP contribution in [0.2, 0.25) is 0 Å². The van der Waals surface area contributed by atoms with Crippen molar-refractivity contribution in [2.24, 2.45) is 5.10 Å². The highest BCUT2D eigenvalue weighted by Crippen LogP contribution is 2.20. The number of amides is 2. The molecule has 1 heterocycles. The summed E-state index contributed by atoms with van der Waals surface area (Å²) in [6.45, 7) is 0.752. The minimum Gasteiger partial charge on any atom is -0.497 e. The van der Waals surface area contributed by atoms with E-state index in [1.807, 2.05) is 0 Å². The Kier molecular flexibility index (Phi) is 7.96. The lowest BCUT2D eigenvalue weighted by Crippen LogP contribution is -2.36. The fraction of sp³-hybridized carbons (Fsp3) is 0.318. The van der Waals surface area contributed by atoms with Crippen molar-refractivity contribution in [1.29, 1.82) is 0 Å². The number of nitrogens with one attached hydrogen (secondary N) is 2. The monoisotopic (exact) mass is 458 g/mol. The second-order valence-electron chi connectivity index (χ2n) is 7.24. The van der Waals surface area contributed by atoms with Crippen molar-refractivity contribution in [1.82, 2.24) is 15.0 Å². The molecule has 1 fully saturated rings. The summed E-state index contributed by atoms with van der Waals surface area (Å²) in [5.41, 5.74) is 3.33. The molecule has 9 nitrogen and oxygen atoms in total. The molecule has 3 rings (SSSR count). The van der Waals surface area contributed by atoms with E-state index in [1.54, 1.807) is 31.4 Å². The number of sulfonamides is 1. The van der Waals surface area contributed by atoms with E-state index in [4.69, 9.17) is 4.74 Å². The van der Waals surface area contributed by atoms with E-state index in [0.29, 0.717) is 18.8 Å². The van der Waals surface area contributed by atoms with Crippen molar-refractivity contribution in [3.05, 3.63) is 59.7 Å². The molecule has 0 unspecified atom stereocenters. The summed E-state index contributed by atoms with van der Waals surface area (Å²) in [6, 6.07) is 12.8. The van der Waals surface area contributed by atoms with Crippen molar-refractivity contribution in [2.45, 2.75) is 24.2 Å². The second kappa shape index (κ2) is 10.9. The first-order valence-corrected chi connectivity index (χ1v) is 11.7. The number of hydrogen-bond acceptors (Lipinski definition) is 6. The number of nitrogens with zero attached hydrogens (tertiary/aromatic N) is 2. The molecule has 170 valence electrons. The van der Waals surface area contributed by atoms with E-state index >= 15 is 0 Å². The van der Waals surface area contributed by atoms with Crippen molar-refractivity contribution < 1.29 is 22.7 Å². The Morgan fingerprint density at radius 3 is 2.50 bits per heavy atom. The number of methoxy groups -OCH3 is 1. The zero-order chi connectivity index (χ0) is 23.0. The summed E-state index contributed by atoms with van der Waals surface area (Å²) in [4.78, 5) is 24.3. The van der Waals surface area contributed by atoms with Crippen molar-refractivity contribution in [2.75, 3.05) is 26.7 Å². The van der Waals surface area contributed by atoms with Crippen LogP contribution in [0, 0.1) is 0 Å². The van der Waals surface area contributed by atoms with Gasteiger partial charge in [0, 0.05) is 18.7 Å².